The molecule has 2 aliphatic heterocycles. The number of hydrogen-bond donors (Lipinski definition) is 1. The molecule has 0 spiro atoms. The van der Waals surface area contributed by atoms with Crippen LogP contribution in [0.2, 0.25) is 0 Å². The van der Waals surface area contributed by atoms with Gasteiger partial charge in [0, 0.05) is 39.3 Å². The number of ether oxygens (including phenoxy) is 2. The highest BCUT2D eigenvalue weighted by atomic mass is 16.6. The van der Waals surface area contributed by atoms with E-state index >= 15 is 0 Å². The highest BCUT2D eigenvalue weighted by Crippen LogP contribution is 2.20. The molecule has 8 heteroatoms. The Balaban J connectivity index is 1.80. The van der Waals surface area contributed by atoms with Crippen molar-refractivity contribution in [2.75, 3.05) is 52.5 Å². The summed E-state index contributed by atoms with van der Waals surface area (Å²) in [5.41, 5.74) is -0.520. The van der Waals surface area contributed by atoms with Gasteiger partial charge in [0.2, 0.25) is 0 Å². The fourth-order valence-corrected chi connectivity index (χ4v) is 3.26. The van der Waals surface area contributed by atoms with Crippen molar-refractivity contribution in [3.63, 3.8) is 0 Å². The van der Waals surface area contributed by atoms with Crippen molar-refractivity contribution in [1.82, 2.24) is 20.0 Å². The third-order valence-corrected chi connectivity index (χ3v) is 4.96. The number of piperazine rings is 1. The summed E-state index contributed by atoms with van der Waals surface area (Å²) in [4.78, 5) is 30.7. The number of hydrogen-bond acceptors (Lipinski definition) is 5. The van der Waals surface area contributed by atoms with E-state index in [9.17, 15) is 9.59 Å². The maximum absolute atomic E-state index is 12.5. The molecule has 3 amide bonds. The Morgan fingerprint density at radius 2 is 1.62 bits per heavy atom. The van der Waals surface area contributed by atoms with Gasteiger partial charge in [0.05, 0.1) is 25.3 Å². The first kappa shape index (κ1) is 20.8. The Labute approximate surface area is 156 Å². The lowest BCUT2D eigenvalue weighted by Crippen LogP contribution is -2.62. The monoisotopic (exact) mass is 370 g/mol. The lowest BCUT2D eigenvalue weighted by molar-refractivity contribution is -0.00556. The van der Waals surface area contributed by atoms with E-state index in [1.807, 2.05) is 39.5 Å². The summed E-state index contributed by atoms with van der Waals surface area (Å²) < 4.78 is 10.8. The molecule has 2 rings (SSSR count). The first-order chi connectivity index (χ1) is 12.2. The van der Waals surface area contributed by atoms with Crippen LogP contribution in [0, 0.1) is 0 Å². The number of carbonyl (C=O) groups excluding carboxylic acids is 2. The molecule has 8 nitrogen and oxygen atoms in total. The van der Waals surface area contributed by atoms with E-state index in [1.165, 1.54) is 0 Å². The van der Waals surface area contributed by atoms with Crippen molar-refractivity contribution in [1.29, 1.82) is 0 Å². The molecule has 0 unspecified atom stereocenters. The van der Waals surface area contributed by atoms with Crippen LogP contribution in [0.15, 0.2) is 0 Å². The van der Waals surface area contributed by atoms with Crippen molar-refractivity contribution in [2.24, 2.45) is 0 Å². The molecule has 0 saturated carbocycles. The zero-order valence-corrected chi connectivity index (χ0v) is 16.8. The van der Waals surface area contributed by atoms with Gasteiger partial charge in [-0.25, -0.2) is 9.59 Å². The minimum absolute atomic E-state index is 0.0681. The molecule has 0 aromatic carbocycles. The summed E-state index contributed by atoms with van der Waals surface area (Å²) in [7, 11) is 0. The van der Waals surface area contributed by atoms with Crippen molar-refractivity contribution < 1.29 is 19.1 Å². The van der Waals surface area contributed by atoms with Gasteiger partial charge in [-0.1, -0.05) is 0 Å². The van der Waals surface area contributed by atoms with Crippen LogP contribution in [-0.2, 0) is 9.47 Å². The van der Waals surface area contributed by atoms with Gasteiger partial charge in [-0.15, -0.1) is 0 Å². The van der Waals surface area contributed by atoms with Gasteiger partial charge in [0.25, 0.3) is 0 Å². The second-order valence-electron chi connectivity index (χ2n) is 8.03. The minimum Gasteiger partial charge on any atom is -0.444 e. The van der Waals surface area contributed by atoms with Crippen molar-refractivity contribution in [3.05, 3.63) is 0 Å². The molecular formula is C18H34N4O4. The SMILES string of the molecule is C[C@@H]1[C@H](C)N(C(=O)NCCN2CCOCC2)CCN1C(=O)OC(C)(C)C. The highest BCUT2D eigenvalue weighted by molar-refractivity contribution is 5.75. The average molecular weight is 370 g/mol. The second-order valence-corrected chi connectivity index (χ2v) is 8.03. The summed E-state index contributed by atoms with van der Waals surface area (Å²) in [5, 5.41) is 3.00. The number of urea groups is 1. The van der Waals surface area contributed by atoms with Gasteiger partial charge in [-0.3, -0.25) is 4.90 Å². The number of morpholine rings is 1. The summed E-state index contributed by atoms with van der Waals surface area (Å²) in [6.45, 7) is 15.3. The lowest BCUT2D eigenvalue weighted by atomic mass is 10.1. The third kappa shape index (κ3) is 5.74. The van der Waals surface area contributed by atoms with Gasteiger partial charge in [-0.2, -0.15) is 0 Å². The first-order valence-electron chi connectivity index (χ1n) is 9.53. The highest BCUT2D eigenvalue weighted by Gasteiger charge is 2.37. The Morgan fingerprint density at radius 3 is 2.23 bits per heavy atom. The average Bonchev–Trinajstić information content (AvgIpc) is 2.56. The van der Waals surface area contributed by atoms with Crippen LogP contribution in [0.4, 0.5) is 9.59 Å². The fourth-order valence-electron chi connectivity index (χ4n) is 3.26. The molecule has 2 heterocycles. The zero-order chi connectivity index (χ0) is 19.3. The molecular weight excluding hydrogens is 336 g/mol. The summed E-state index contributed by atoms with van der Waals surface area (Å²) >= 11 is 0. The standard InChI is InChI=1S/C18H34N4O4/c1-14-15(2)22(17(24)26-18(3,4)5)9-8-21(14)16(23)19-6-7-20-10-12-25-13-11-20/h14-15H,6-13H2,1-5H3,(H,19,23)/t14-,15+/m0/s1. The molecule has 0 radical (unpaired) electrons. The van der Waals surface area contributed by atoms with E-state index in [0.717, 1.165) is 32.8 Å². The molecule has 26 heavy (non-hydrogen) atoms. The number of carbonyl (C=O) groups is 2. The number of nitrogens with one attached hydrogen (secondary N) is 1. The second kappa shape index (κ2) is 8.90. The van der Waals surface area contributed by atoms with Gasteiger partial charge in [-0.05, 0) is 34.6 Å². The first-order valence-corrected chi connectivity index (χ1v) is 9.53. The largest absolute Gasteiger partial charge is 0.444 e. The molecule has 0 aromatic heterocycles. The fraction of sp³-hybridized carbons (Fsp3) is 0.889. The van der Waals surface area contributed by atoms with Crippen LogP contribution in [0.1, 0.15) is 34.6 Å². The van der Waals surface area contributed by atoms with Crippen LogP contribution >= 0.6 is 0 Å². The van der Waals surface area contributed by atoms with Crippen LogP contribution < -0.4 is 5.32 Å². The van der Waals surface area contributed by atoms with E-state index in [2.05, 4.69) is 10.2 Å². The Morgan fingerprint density at radius 1 is 1.04 bits per heavy atom. The molecule has 2 aliphatic rings. The van der Waals surface area contributed by atoms with Gasteiger partial charge in [0.1, 0.15) is 5.60 Å². The molecule has 2 atom stereocenters. The Kier molecular flexibility index (Phi) is 7.11. The van der Waals surface area contributed by atoms with Crippen LogP contribution in [0.25, 0.3) is 0 Å². The van der Waals surface area contributed by atoms with Crippen LogP contribution in [-0.4, -0.2) is 97.0 Å². The molecule has 0 aliphatic carbocycles. The van der Waals surface area contributed by atoms with Crippen molar-refractivity contribution in [3.8, 4) is 0 Å². The van der Waals surface area contributed by atoms with Crippen LogP contribution in [0.3, 0.4) is 0 Å². The normalized spacial score (nSPS) is 25.1. The Bertz CT molecular complexity index is 488. The van der Waals surface area contributed by atoms with Crippen LogP contribution in [0.5, 0.6) is 0 Å². The maximum atomic E-state index is 12.5. The minimum atomic E-state index is -0.520. The van der Waals surface area contributed by atoms with E-state index in [-0.39, 0.29) is 24.2 Å². The maximum Gasteiger partial charge on any atom is 0.410 e. The predicted molar refractivity (Wildman–Crippen MR) is 99.2 cm³/mol. The summed E-state index contributed by atoms with van der Waals surface area (Å²) in [5.74, 6) is 0. The number of nitrogens with zero attached hydrogens (tertiary/aromatic N) is 3. The van der Waals surface area contributed by atoms with E-state index < -0.39 is 5.60 Å². The van der Waals surface area contributed by atoms with E-state index in [4.69, 9.17) is 9.47 Å². The molecule has 2 saturated heterocycles. The number of rotatable bonds is 3. The van der Waals surface area contributed by atoms with Gasteiger partial charge >= 0.3 is 12.1 Å². The smallest absolute Gasteiger partial charge is 0.410 e. The summed E-state index contributed by atoms with van der Waals surface area (Å²) in [6.07, 6.45) is -0.316. The molecule has 1 N–H and O–H groups in total. The molecule has 150 valence electrons. The van der Waals surface area contributed by atoms with Crippen molar-refractivity contribution in [2.45, 2.75) is 52.3 Å². The van der Waals surface area contributed by atoms with Gasteiger partial charge < -0.3 is 24.6 Å². The molecule has 2 fully saturated rings. The van der Waals surface area contributed by atoms with Crippen molar-refractivity contribution >= 4 is 12.1 Å². The van der Waals surface area contributed by atoms with E-state index in [1.54, 1.807) is 4.90 Å². The van der Waals surface area contributed by atoms with E-state index in [0.29, 0.717) is 19.6 Å². The van der Waals surface area contributed by atoms with Gasteiger partial charge in [0.15, 0.2) is 0 Å². The topological polar surface area (TPSA) is 74.4 Å². The third-order valence-electron chi connectivity index (χ3n) is 4.96. The zero-order valence-electron chi connectivity index (χ0n) is 16.8. The summed E-state index contributed by atoms with van der Waals surface area (Å²) in [6, 6.07) is -0.232. The molecule has 0 aromatic rings. The number of amides is 3. The lowest BCUT2D eigenvalue weighted by Gasteiger charge is -2.44. The predicted octanol–water partition coefficient (Wildman–Crippen LogP) is 1.36. The molecule has 0 bridgehead atoms. The quantitative estimate of drug-likeness (QED) is 0.812. The Hall–Kier alpha value is -1.54.